The highest BCUT2D eigenvalue weighted by Crippen LogP contribution is 2.33. The Kier molecular flexibility index (Phi) is 5.65. The predicted molar refractivity (Wildman–Crippen MR) is 115 cm³/mol. The van der Waals surface area contributed by atoms with Crippen LogP contribution in [0.15, 0.2) is 59.2 Å². The molecule has 1 atom stereocenters. The zero-order valence-corrected chi connectivity index (χ0v) is 17.5. The number of fused-ring (bicyclic) bond motifs is 1. The van der Waals surface area contributed by atoms with Crippen molar-refractivity contribution in [2.45, 2.75) is 32.5 Å². The molecular weight excluding hydrogens is 380 g/mol. The number of anilines is 1. The van der Waals surface area contributed by atoms with Crippen molar-refractivity contribution in [3.63, 3.8) is 0 Å². The van der Waals surface area contributed by atoms with Crippen molar-refractivity contribution in [2.75, 3.05) is 19.1 Å². The molecule has 6 heteroatoms. The van der Waals surface area contributed by atoms with Crippen molar-refractivity contribution >= 4 is 11.6 Å². The Balaban J connectivity index is 1.46. The smallest absolute Gasteiger partial charge is 0.255 e. The molecule has 1 aliphatic rings. The molecule has 2 heterocycles. The lowest BCUT2D eigenvalue weighted by atomic mass is 10.1. The minimum atomic E-state index is -0.166. The van der Waals surface area contributed by atoms with E-state index < -0.39 is 0 Å². The minimum absolute atomic E-state index is 0.166. The number of nitrogens with zero attached hydrogens (tertiary/aromatic N) is 1. The number of hydrogen-bond donors (Lipinski definition) is 1. The first kappa shape index (κ1) is 19.9. The highest BCUT2D eigenvalue weighted by molar-refractivity contribution is 5.95. The molecule has 1 N–H and O–H groups in total. The number of hydrogen-bond acceptors (Lipinski definition) is 5. The summed E-state index contributed by atoms with van der Waals surface area (Å²) in [5.41, 5.74) is 3.99. The molecule has 0 saturated carbocycles. The molecule has 0 saturated heterocycles. The SMILES string of the molecule is COc1cc(CNC(=O)c2ccoc2CN2c3ccccc3CC2C)cc(OC)c1. The Morgan fingerprint density at radius 3 is 2.60 bits per heavy atom. The molecular formula is C24H26N2O4. The van der Waals surface area contributed by atoms with E-state index in [-0.39, 0.29) is 5.91 Å². The monoisotopic (exact) mass is 406 g/mol. The zero-order chi connectivity index (χ0) is 21.1. The van der Waals surface area contributed by atoms with E-state index in [1.165, 1.54) is 11.3 Å². The number of para-hydroxylation sites is 1. The second-order valence-corrected chi connectivity index (χ2v) is 7.47. The minimum Gasteiger partial charge on any atom is -0.497 e. The third kappa shape index (κ3) is 3.99. The van der Waals surface area contributed by atoms with Gasteiger partial charge in [0.05, 0.1) is 32.6 Å². The molecule has 1 amide bonds. The summed E-state index contributed by atoms with van der Waals surface area (Å²) in [6, 6.07) is 16.0. The van der Waals surface area contributed by atoms with Crippen LogP contribution in [0.3, 0.4) is 0 Å². The normalized spacial score (nSPS) is 15.0. The fourth-order valence-corrected chi connectivity index (χ4v) is 3.94. The summed E-state index contributed by atoms with van der Waals surface area (Å²) in [5, 5.41) is 2.97. The highest BCUT2D eigenvalue weighted by atomic mass is 16.5. The molecule has 0 spiro atoms. The van der Waals surface area contributed by atoms with Crippen LogP contribution >= 0.6 is 0 Å². The standard InChI is InChI=1S/C24H26N2O4/c1-16-10-18-6-4-5-7-22(18)26(16)15-23-21(8-9-30-23)24(27)25-14-17-11-19(28-2)13-20(12-17)29-3/h4-9,11-13,16H,10,14-15H2,1-3H3,(H,25,27). The van der Waals surface area contributed by atoms with Gasteiger partial charge in [-0.05, 0) is 48.7 Å². The molecule has 0 radical (unpaired) electrons. The molecule has 3 aromatic rings. The summed E-state index contributed by atoms with van der Waals surface area (Å²) in [6.45, 7) is 3.11. The largest absolute Gasteiger partial charge is 0.497 e. The number of carbonyl (C=O) groups is 1. The summed E-state index contributed by atoms with van der Waals surface area (Å²) in [6.07, 6.45) is 2.57. The van der Waals surface area contributed by atoms with Crippen LogP contribution in [-0.2, 0) is 19.5 Å². The summed E-state index contributed by atoms with van der Waals surface area (Å²) in [7, 11) is 3.21. The molecule has 1 aromatic heterocycles. The maximum absolute atomic E-state index is 12.9. The number of methoxy groups -OCH3 is 2. The first-order valence-electron chi connectivity index (χ1n) is 10.00. The van der Waals surface area contributed by atoms with Gasteiger partial charge >= 0.3 is 0 Å². The van der Waals surface area contributed by atoms with E-state index in [2.05, 4.69) is 35.3 Å². The molecule has 4 rings (SSSR count). The molecule has 0 bridgehead atoms. The molecule has 1 unspecified atom stereocenters. The van der Waals surface area contributed by atoms with Crippen LogP contribution < -0.4 is 19.7 Å². The van der Waals surface area contributed by atoms with Gasteiger partial charge in [-0.1, -0.05) is 18.2 Å². The van der Waals surface area contributed by atoms with Gasteiger partial charge in [-0.15, -0.1) is 0 Å². The van der Waals surface area contributed by atoms with Gasteiger partial charge in [-0.3, -0.25) is 4.79 Å². The maximum Gasteiger partial charge on any atom is 0.255 e. The topological polar surface area (TPSA) is 63.9 Å². The fourth-order valence-electron chi connectivity index (χ4n) is 3.94. The molecule has 0 fully saturated rings. The lowest BCUT2D eigenvalue weighted by molar-refractivity contribution is 0.0948. The average Bonchev–Trinajstić information content (AvgIpc) is 3.36. The second kappa shape index (κ2) is 8.53. The average molecular weight is 406 g/mol. The highest BCUT2D eigenvalue weighted by Gasteiger charge is 2.28. The molecule has 1 aliphatic heterocycles. The number of furan rings is 1. The first-order valence-corrected chi connectivity index (χ1v) is 10.00. The van der Waals surface area contributed by atoms with Crippen molar-refractivity contribution < 1.29 is 18.7 Å². The van der Waals surface area contributed by atoms with Crippen molar-refractivity contribution in [2.24, 2.45) is 0 Å². The third-order valence-electron chi connectivity index (χ3n) is 5.52. The van der Waals surface area contributed by atoms with Gasteiger partial charge in [-0.25, -0.2) is 0 Å². The van der Waals surface area contributed by atoms with Crippen LogP contribution in [0.5, 0.6) is 11.5 Å². The Morgan fingerprint density at radius 2 is 1.87 bits per heavy atom. The van der Waals surface area contributed by atoms with Crippen molar-refractivity contribution in [3.8, 4) is 11.5 Å². The third-order valence-corrected chi connectivity index (χ3v) is 5.52. The van der Waals surface area contributed by atoms with Gasteiger partial charge in [0.25, 0.3) is 5.91 Å². The van der Waals surface area contributed by atoms with Gasteiger partial charge in [0.15, 0.2) is 0 Å². The first-order chi connectivity index (χ1) is 14.6. The van der Waals surface area contributed by atoms with Gasteiger partial charge in [0.1, 0.15) is 17.3 Å². The number of rotatable bonds is 7. The van der Waals surface area contributed by atoms with Crippen LogP contribution in [0.4, 0.5) is 5.69 Å². The molecule has 156 valence electrons. The quantitative estimate of drug-likeness (QED) is 0.638. The Hall–Kier alpha value is -3.41. The van der Waals surface area contributed by atoms with E-state index in [0.717, 1.165) is 12.0 Å². The van der Waals surface area contributed by atoms with Crippen molar-refractivity contribution in [3.05, 3.63) is 77.2 Å². The van der Waals surface area contributed by atoms with Crippen LogP contribution in [0.2, 0.25) is 0 Å². The van der Waals surface area contributed by atoms with Gasteiger partial charge in [0, 0.05) is 24.3 Å². The molecule has 0 aliphatic carbocycles. The van der Waals surface area contributed by atoms with Crippen LogP contribution in [0.25, 0.3) is 0 Å². The number of carbonyl (C=O) groups excluding carboxylic acids is 1. The zero-order valence-electron chi connectivity index (χ0n) is 17.5. The van der Waals surface area contributed by atoms with Gasteiger partial charge in [-0.2, -0.15) is 0 Å². The number of benzene rings is 2. The van der Waals surface area contributed by atoms with Crippen LogP contribution in [0.1, 0.15) is 34.2 Å². The van der Waals surface area contributed by atoms with E-state index in [1.54, 1.807) is 32.6 Å². The number of nitrogens with one attached hydrogen (secondary N) is 1. The lowest BCUT2D eigenvalue weighted by Gasteiger charge is -2.24. The van der Waals surface area contributed by atoms with Gasteiger partial charge < -0.3 is 24.1 Å². The van der Waals surface area contributed by atoms with E-state index in [4.69, 9.17) is 13.9 Å². The maximum atomic E-state index is 12.9. The number of ether oxygens (including phenoxy) is 2. The van der Waals surface area contributed by atoms with E-state index >= 15 is 0 Å². The Bertz CT molecular complexity index is 1020. The Labute approximate surface area is 176 Å². The molecule has 30 heavy (non-hydrogen) atoms. The van der Waals surface area contributed by atoms with Crippen LogP contribution in [0, 0.1) is 0 Å². The van der Waals surface area contributed by atoms with E-state index in [1.807, 2.05) is 18.2 Å². The van der Waals surface area contributed by atoms with E-state index in [9.17, 15) is 4.79 Å². The number of amides is 1. The summed E-state index contributed by atoms with van der Waals surface area (Å²) >= 11 is 0. The lowest BCUT2D eigenvalue weighted by Crippen LogP contribution is -2.30. The summed E-state index contributed by atoms with van der Waals surface area (Å²) < 4.78 is 16.3. The van der Waals surface area contributed by atoms with Crippen LogP contribution in [-0.4, -0.2) is 26.2 Å². The predicted octanol–water partition coefficient (Wildman–Crippen LogP) is 4.18. The molecule has 2 aromatic carbocycles. The Morgan fingerprint density at radius 1 is 1.13 bits per heavy atom. The van der Waals surface area contributed by atoms with Crippen molar-refractivity contribution in [1.29, 1.82) is 0 Å². The summed E-state index contributed by atoms with van der Waals surface area (Å²) in [5.74, 6) is 1.87. The molecule has 6 nitrogen and oxygen atoms in total. The fraction of sp³-hybridized carbons (Fsp3) is 0.292. The van der Waals surface area contributed by atoms with E-state index in [0.29, 0.717) is 42.0 Å². The van der Waals surface area contributed by atoms with Crippen molar-refractivity contribution in [1.82, 2.24) is 5.32 Å². The second-order valence-electron chi connectivity index (χ2n) is 7.47. The van der Waals surface area contributed by atoms with Gasteiger partial charge in [0.2, 0.25) is 0 Å². The summed E-state index contributed by atoms with van der Waals surface area (Å²) in [4.78, 5) is 15.1.